The normalized spacial score (nSPS) is 16.6. The minimum Gasteiger partial charge on any atom is -0.486 e. The van der Waals surface area contributed by atoms with Crippen molar-refractivity contribution in [1.29, 1.82) is 0 Å². The molecule has 2 N–H and O–H groups in total. The Hall–Kier alpha value is -3.02. The first-order valence-electron chi connectivity index (χ1n) is 8.15. The monoisotopic (exact) mass is 340 g/mol. The maximum Gasteiger partial charge on any atom is 0.309 e. The van der Waals surface area contributed by atoms with Crippen molar-refractivity contribution in [2.45, 2.75) is 19.1 Å². The van der Waals surface area contributed by atoms with Gasteiger partial charge in [-0.2, -0.15) is 0 Å². The zero-order chi connectivity index (χ0) is 17.6. The molecule has 2 aromatic carbocycles. The highest BCUT2D eigenvalue weighted by Gasteiger charge is 2.23. The average molecular weight is 340 g/mol. The van der Waals surface area contributed by atoms with Crippen molar-refractivity contribution >= 4 is 11.8 Å². The zero-order valence-corrected chi connectivity index (χ0v) is 13.9. The summed E-state index contributed by atoms with van der Waals surface area (Å²) < 4.78 is 11.3. The van der Waals surface area contributed by atoms with Gasteiger partial charge in [0.15, 0.2) is 11.5 Å². The molecule has 0 saturated heterocycles. The van der Waals surface area contributed by atoms with E-state index in [2.05, 4.69) is 10.6 Å². The fourth-order valence-corrected chi connectivity index (χ4v) is 2.54. The van der Waals surface area contributed by atoms with E-state index in [9.17, 15) is 9.59 Å². The van der Waals surface area contributed by atoms with Gasteiger partial charge in [0.1, 0.15) is 12.7 Å². The molecule has 3 rings (SSSR count). The second kappa shape index (κ2) is 7.70. The van der Waals surface area contributed by atoms with Crippen LogP contribution in [-0.4, -0.2) is 31.1 Å². The van der Waals surface area contributed by atoms with Crippen LogP contribution < -0.4 is 20.1 Å². The molecule has 0 spiro atoms. The van der Waals surface area contributed by atoms with Crippen LogP contribution in [0.15, 0.2) is 54.6 Å². The summed E-state index contributed by atoms with van der Waals surface area (Å²) in [4.78, 5) is 24.0. The summed E-state index contributed by atoms with van der Waals surface area (Å²) in [5.41, 5.74) is 0.935. The SMILES string of the molecule is CC(NC(=O)C(=O)NCC1COc2ccccc2O1)c1ccccc1. The van der Waals surface area contributed by atoms with Crippen molar-refractivity contribution < 1.29 is 19.1 Å². The van der Waals surface area contributed by atoms with Crippen LogP contribution >= 0.6 is 0 Å². The van der Waals surface area contributed by atoms with Crippen LogP contribution in [0, 0.1) is 0 Å². The molecule has 0 radical (unpaired) electrons. The lowest BCUT2D eigenvalue weighted by atomic mass is 10.1. The Morgan fingerprint density at radius 1 is 1.04 bits per heavy atom. The van der Waals surface area contributed by atoms with Crippen LogP contribution in [0.5, 0.6) is 11.5 Å². The van der Waals surface area contributed by atoms with Gasteiger partial charge in [-0.25, -0.2) is 0 Å². The van der Waals surface area contributed by atoms with Gasteiger partial charge in [0.25, 0.3) is 0 Å². The molecule has 0 bridgehead atoms. The van der Waals surface area contributed by atoms with Crippen molar-refractivity contribution in [2.75, 3.05) is 13.2 Å². The van der Waals surface area contributed by atoms with Crippen LogP contribution in [0.3, 0.4) is 0 Å². The molecule has 0 fully saturated rings. The Morgan fingerprint density at radius 3 is 2.48 bits per heavy atom. The Bertz CT molecular complexity index is 748. The fourth-order valence-electron chi connectivity index (χ4n) is 2.54. The number of ether oxygens (including phenoxy) is 2. The Kier molecular flexibility index (Phi) is 5.18. The first-order valence-corrected chi connectivity index (χ1v) is 8.15. The molecule has 2 atom stereocenters. The van der Waals surface area contributed by atoms with Gasteiger partial charge in [-0.05, 0) is 24.6 Å². The van der Waals surface area contributed by atoms with E-state index in [0.29, 0.717) is 18.1 Å². The molecule has 0 saturated carbocycles. The lowest BCUT2D eigenvalue weighted by Gasteiger charge is -2.26. The van der Waals surface area contributed by atoms with Gasteiger partial charge in [-0.3, -0.25) is 9.59 Å². The third kappa shape index (κ3) is 4.29. The van der Waals surface area contributed by atoms with Gasteiger partial charge in [0, 0.05) is 0 Å². The Morgan fingerprint density at radius 2 is 1.72 bits per heavy atom. The predicted molar refractivity (Wildman–Crippen MR) is 92.4 cm³/mol. The van der Waals surface area contributed by atoms with E-state index in [1.807, 2.05) is 55.5 Å². The highest BCUT2D eigenvalue weighted by Crippen LogP contribution is 2.30. The number of fused-ring (bicyclic) bond motifs is 1. The molecule has 6 heteroatoms. The van der Waals surface area contributed by atoms with Gasteiger partial charge < -0.3 is 20.1 Å². The van der Waals surface area contributed by atoms with Gasteiger partial charge >= 0.3 is 11.8 Å². The molecule has 2 unspecified atom stereocenters. The predicted octanol–water partition coefficient (Wildman–Crippen LogP) is 1.82. The number of hydrogen-bond acceptors (Lipinski definition) is 4. The highest BCUT2D eigenvalue weighted by atomic mass is 16.6. The van der Waals surface area contributed by atoms with Crippen molar-refractivity contribution in [1.82, 2.24) is 10.6 Å². The van der Waals surface area contributed by atoms with Gasteiger partial charge in [-0.15, -0.1) is 0 Å². The molecule has 1 aliphatic heterocycles. The summed E-state index contributed by atoms with van der Waals surface area (Å²) in [6.07, 6.45) is -0.335. The van der Waals surface area contributed by atoms with E-state index in [1.54, 1.807) is 6.07 Å². The molecule has 0 aromatic heterocycles. The maximum atomic E-state index is 12.0. The molecule has 2 amide bonds. The summed E-state index contributed by atoms with van der Waals surface area (Å²) in [6.45, 7) is 2.34. The van der Waals surface area contributed by atoms with E-state index >= 15 is 0 Å². The van der Waals surface area contributed by atoms with Crippen molar-refractivity contribution in [2.24, 2.45) is 0 Å². The number of rotatable bonds is 4. The molecule has 130 valence electrons. The van der Waals surface area contributed by atoms with E-state index in [4.69, 9.17) is 9.47 Å². The minimum atomic E-state index is -0.690. The molecular formula is C19H20N2O4. The van der Waals surface area contributed by atoms with Crippen molar-refractivity contribution in [3.63, 3.8) is 0 Å². The topological polar surface area (TPSA) is 76.7 Å². The van der Waals surface area contributed by atoms with Crippen LogP contribution in [0.4, 0.5) is 0 Å². The molecule has 6 nitrogen and oxygen atoms in total. The molecule has 1 aliphatic rings. The molecule has 2 aromatic rings. The van der Waals surface area contributed by atoms with E-state index in [0.717, 1.165) is 5.56 Å². The van der Waals surface area contributed by atoms with Crippen LogP contribution in [-0.2, 0) is 9.59 Å². The summed E-state index contributed by atoms with van der Waals surface area (Å²) in [6, 6.07) is 16.5. The zero-order valence-electron chi connectivity index (χ0n) is 13.9. The van der Waals surface area contributed by atoms with Crippen molar-refractivity contribution in [3.05, 3.63) is 60.2 Å². The number of carbonyl (C=O) groups is 2. The number of benzene rings is 2. The Balaban J connectivity index is 1.47. The van der Waals surface area contributed by atoms with E-state index in [1.165, 1.54) is 0 Å². The van der Waals surface area contributed by atoms with E-state index < -0.39 is 11.8 Å². The second-order valence-electron chi connectivity index (χ2n) is 5.81. The van der Waals surface area contributed by atoms with Crippen molar-refractivity contribution in [3.8, 4) is 11.5 Å². The second-order valence-corrected chi connectivity index (χ2v) is 5.81. The van der Waals surface area contributed by atoms with Gasteiger partial charge in [0.2, 0.25) is 0 Å². The van der Waals surface area contributed by atoms with Gasteiger partial charge in [0.05, 0.1) is 12.6 Å². The summed E-state index contributed by atoms with van der Waals surface area (Å²) >= 11 is 0. The fraction of sp³-hybridized carbons (Fsp3) is 0.263. The lowest BCUT2D eigenvalue weighted by molar-refractivity contribution is -0.139. The van der Waals surface area contributed by atoms with Crippen LogP contribution in [0.1, 0.15) is 18.5 Å². The highest BCUT2D eigenvalue weighted by molar-refractivity contribution is 6.35. The number of amides is 2. The molecular weight excluding hydrogens is 320 g/mol. The molecule has 25 heavy (non-hydrogen) atoms. The standard InChI is InChI=1S/C19H20N2O4/c1-13(14-7-3-2-4-8-14)21-19(23)18(22)20-11-15-12-24-16-9-5-6-10-17(16)25-15/h2-10,13,15H,11-12H2,1H3,(H,20,22)(H,21,23). The first-order chi connectivity index (χ1) is 12.1. The Labute approximate surface area is 146 Å². The van der Waals surface area contributed by atoms with Gasteiger partial charge in [-0.1, -0.05) is 42.5 Å². The quantitative estimate of drug-likeness (QED) is 0.833. The largest absolute Gasteiger partial charge is 0.486 e. The summed E-state index contributed by atoms with van der Waals surface area (Å²) in [5.74, 6) is -0.0478. The van der Waals surface area contributed by atoms with E-state index in [-0.39, 0.29) is 18.7 Å². The number of hydrogen-bond donors (Lipinski definition) is 2. The smallest absolute Gasteiger partial charge is 0.309 e. The minimum absolute atomic E-state index is 0.195. The number of nitrogens with one attached hydrogen (secondary N) is 2. The van der Waals surface area contributed by atoms with Crippen LogP contribution in [0.25, 0.3) is 0 Å². The average Bonchev–Trinajstić information content (AvgIpc) is 2.66. The third-order valence-electron chi connectivity index (χ3n) is 3.91. The number of para-hydroxylation sites is 2. The number of carbonyl (C=O) groups excluding carboxylic acids is 2. The first kappa shape index (κ1) is 16.8. The summed E-state index contributed by atoms with van der Waals surface area (Å²) in [7, 11) is 0. The molecule has 1 heterocycles. The third-order valence-corrected chi connectivity index (χ3v) is 3.91. The summed E-state index contributed by atoms with van der Waals surface area (Å²) in [5, 5.41) is 5.26. The van der Waals surface area contributed by atoms with Crippen LogP contribution in [0.2, 0.25) is 0 Å². The maximum absolute atomic E-state index is 12.0. The molecule has 0 aliphatic carbocycles. The lowest BCUT2D eigenvalue weighted by Crippen LogP contribution is -2.46.